The number of carbonyl (C=O) groups excluding carboxylic acids is 2. The lowest BCUT2D eigenvalue weighted by molar-refractivity contribution is -0.143. The summed E-state index contributed by atoms with van der Waals surface area (Å²) in [4.78, 5) is 23.1. The van der Waals surface area contributed by atoms with E-state index >= 15 is 0 Å². The van der Waals surface area contributed by atoms with Gasteiger partial charge in [-0.05, 0) is 29.7 Å². The maximum absolute atomic E-state index is 11.7. The summed E-state index contributed by atoms with van der Waals surface area (Å²) in [5, 5.41) is 2.27. The maximum atomic E-state index is 11.7. The second-order valence-electron chi connectivity index (χ2n) is 4.93. The Kier molecular flexibility index (Phi) is 4.51. The van der Waals surface area contributed by atoms with Gasteiger partial charge in [-0.1, -0.05) is 42.5 Å². The first-order chi connectivity index (χ1) is 9.61. The molecule has 1 unspecified atom stereocenters. The Bertz CT molecular complexity index is 626. The van der Waals surface area contributed by atoms with Crippen molar-refractivity contribution in [1.82, 2.24) is 0 Å². The number of methoxy groups -OCH3 is 1. The van der Waals surface area contributed by atoms with E-state index < -0.39 is 0 Å². The zero-order valence-corrected chi connectivity index (χ0v) is 11.8. The standard InChI is InChI=1S/C17H18O3/c1-12(18)15(11-17(19)20-2)10-14-8-5-7-13-6-3-4-9-16(13)14/h3-9,15H,10-11H2,1-2H3. The van der Waals surface area contributed by atoms with Gasteiger partial charge >= 0.3 is 5.97 Å². The monoisotopic (exact) mass is 270 g/mol. The fourth-order valence-corrected chi connectivity index (χ4v) is 2.38. The van der Waals surface area contributed by atoms with E-state index in [1.54, 1.807) is 0 Å². The quantitative estimate of drug-likeness (QED) is 0.784. The van der Waals surface area contributed by atoms with Gasteiger partial charge in [0.1, 0.15) is 5.78 Å². The molecule has 0 aromatic heterocycles. The van der Waals surface area contributed by atoms with Gasteiger partial charge in [-0.15, -0.1) is 0 Å². The van der Waals surface area contributed by atoms with Gasteiger partial charge in [0.25, 0.3) is 0 Å². The Hall–Kier alpha value is -2.16. The van der Waals surface area contributed by atoms with Crippen molar-refractivity contribution in [1.29, 1.82) is 0 Å². The van der Waals surface area contributed by atoms with Crippen LogP contribution in [0.5, 0.6) is 0 Å². The summed E-state index contributed by atoms with van der Waals surface area (Å²) in [5.41, 5.74) is 1.09. The molecule has 20 heavy (non-hydrogen) atoms. The molecule has 2 aromatic rings. The molecule has 0 amide bonds. The van der Waals surface area contributed by atoms with E-state index in [1.807, 2.05) is 42.5 Å². The SMILES string of the molecule is COC(=O)CC(Cc1cccc2ccccc12)C(C)=O. The minimum Gasteiger partial charge on any atom is -0.469 e. The number of fused-ring (bicyclic) bond motifs is 1. The molecule has 0 aliphatic carbocycles. The second-order valence-corrected chi connectivity index (χ2v) is 4.93. The molecule has 2 aromatic carbocycles. The lowest BCUT2D eigenvalue weighted by atomic mass is 9.90. The Morgan fingerprint density at radius 2 is 1.80 bits per heavy atom. The van der Waals surface area contributed by atoms with Gasteiger partial charge in [0, 0.05) is 5.92 Å². The van der Waals surface area contributed by atoms with E-state index in [2.05, 4.69) is 4.74 Å². The van der Waals surface area contributed by atoms with Crippen molar-refractivity contribution in [3.05, 3.63) is 48.0 Å². The van der Waals surface area contributed by atoms with Gasteiger partial charge in [-0.3, -0.25) is 9.59 Å². The first-order valence-corrected chi connectivity index (χ1v) is 6.65. The average molecular weight is 270 g/mol. The van der Waals surface area contributed by atoms with Gasteiger partial charge in [0.05, 0.1) is 13.5 Å². The van der Waals surface area contributed by atoms with E-state index in [9.17, 15) is 9.59 Å². The molecule has 0 aliphatic rings. The normalized spacial score (nSPS) is 12.1. The van der Waals surface area contributed by atoms with Gasteiger partial charge in [-0.2, -0.15) is 0 Å². The maximum Gasteiger partial charge on any atom is 0.306 e. The van der Waals surface area contributed by atoms with Crippen molar-refractivity contribution in [3.8, 4) is 0 Å². The number of ether oxygens (including phenoxy) is 1. The van der Waals surface area contributed by atoms with E-state index in [0.29, 0.717) is 6.42 Å². The second kappa shape index (κ2) is 6.33. The minimum atomic E-state index is -0.342. The van der Waals surface area contributed by atoms with Crippen LogP contribution in [0.25, 0.3) is 10.8 Å². The number of esters is 1. The van der Waals surface area contributed by atoms with E-state index in [4.69, 9.17) is 0 Å². The molecular weight excluding hydrogens is 252 g/mol. The number of carbonyl (C=O) groups is 2. The molecule has 3 nitrogen and oxygen atoms in total. The van der Waals surface area contributed by atoms with E-state index in [1.165, 1.54) is 14.0 Å². The number of hydrogen-bond acceptors (Lipinski definition) is 3. The van der Waals surface area contributed by atoms with Crippen LogP contribution in [-0.4, -0.2) is 18.9 Å². The molecule has 0 fully saturated rings. The largest absolute Gasteiger partial charge is 0.469 e. The molecule has 0 spiro atoms. The molecule has 0 aliphatic heterocycles. The van der Waals surface area contributed by atoms with Crippen LogP contribution in [0, 0.1) is 5.92 Å². The summed E-state index contributed by atoms with van der Waals surface area (Å²) < 4.78 is 4.66. The Morgan fingerprint density at radius 3 is 2.50 bits per heavy atom. The van der Waals surface area contributed by atoms with Crippen LogP contribution in [0.15, 0.2) is 42.5 Å². The molecule has 104 valence electrons. The lowest BCUT2D eigenvalue weighted by Crippen LogP contribution is -2.19. The van der Waals surface area contributed by atoms with Crippen LogP contribution in [0.4, 0.5) is 0 Å². The first-order valence-electron chi connectivity index (χ1n) is 6.65. The zero-order valence-electron chi connectivity index (χ0n) is 11.8. The van der Waals surface area contributed by atoms with Crippen LogP contribution in [0.1, 0.15) is 18.9 Å². The van der Waals surface area contributed by atoms with Crippen molar-refractivity contribution in [3.63, 3.8) is 0 Å². The van der Waals surface area contributed by atoms with Crippen LogP contribution in [-0.2, 0) is 20.7 Å². The minimum absolute atomic E-state index is 0.0170. The van der Waals surface area contributed by atoms with Crippen molar-refractivity contribution in [2.24, 2.45) is 5.92 Å². The third-order valence-electron chi connectivity index (χ3n) is 3.56. The Morgan fingerprint density at radius 1 is 1.10 bits per heavy atom. The smallest absolute Gasteiger partial charge is 0.306 e. The van der Waals surface area contributed by atoms with Crippen molar-refractivity contribution in [2.75, 3.05) is 7.11 Å². The number of ketones is 1. The molecule has 0 radical (unpaired) electrons. The van der Waals surface area contributed by atoms with Crippen molar-refractivity contribution in [2.45, 2.75) is 19.8 Å². The van der Waals surface area contributed by atoms with Gasteiger partial charge in [-0.25, -0.2) is 0 Å². The summed E-state index contributed by atoms with van der Waals surface area (Å²) in [6.45, 7) is 1.53. The Labute approximate surface area is 118 Å². The van der Waals surface area contributed by atoms with E-state index in [0.717, 1.165) is 16.3 Å². The third-order valence-corrected chi connectivity index (χ3v) is 3.56. The predicted molar refractivity (Wildman–Crippen MR) is 78.5 cm³/mol. The fourth-order valence-electron chi connectivity index (χ4n) is 2.38. The van der Waals surface area contributed by atoms with Crippen LogP contribution < -0.4 is 0 Å². The van der Waals surface area contributed by atoms with Crippen LogP contribution in [0.3, 0.4) is 0 Å². The fraction of sp³-hybridized carbons (Fsp3) is 0.294. The predicted octanol–water partition coefficient (Wildman–Crippen LogP) is 3.15. The summed E-state index contributed by atoms with van der Waals surface area (Å²) >= 11 is 0. The van der Waals surface area contributed by atoms with Crippen LogP contribution >= 0.6 is 0 Å². The molecule has 0 saturated carbocycles. The molecular formula is C17H18O3. The number of hydrogen-bond donors (Lipinski definition) is 0. The highest BCUT2D eigenvalue weighted by Crippen LogP contribution is 2.23. The van der Waals surface area contributed by atoms with Gasteiger partial charge < -0.3 is 4.74 Å². The lowest BCUT2D eigenvalue weighted by Gasteiger charge is -2.14. The molecule has 0 N–H and O–H groups in total. The van der Waals surface area contributed by atoms with Gasteiger partial charge in [0.2, 0.25) is 0 Å². The van der Waals surface area contributed by atoms with Crippen molar-refractivity contribution >= 4 is 22.5 Å². The summed E-state index contributed by atoms with van der Waals surface area (Å²) in [7, 11) is 1.34. The average Bonchev–Trinajstić information content (AvgIpc) is 2.46. The molecule has 0 heterocycles. The molecule has 1 atom stereocenters. The first kappa shape index (κ1) is 14.3. The molecule has 2 rings (SSSR count). The summed E-state index contributed by atoms with van der Waals surface area (Å²) in [5.74, 6) is -0.651. The molecule has 0 bridgehead atoms. The van der Waals surface area contributed by atoms with E-state index in [-0.39, 0.29) is 24.1 Å². The zero-order chi connectivity index (χ0) is 14.5. The number of rotatable bonds is 5. The summed E-state index contributed by atoms with van der Waals surface area (Å²) in [6.07, 6.45) is 0.695. The number of benzene rings is 2. The Balaban J connectivity index is 2.29. The topological polar surface area (TPSA) is 43.4 Å². The highest BCUT2D eigenvalue weighted by atomic mass is 16.5. The van der Waals surface area contributed by atoms with Gasteiger partial charge in [0.15, 0.2) is 0 Å². The highest BCUT2D eigenvalue weighted by Gasteiger charge is 2.20. The third kappa shape index (κ3) is 3.23. The van der Waals surface area contributed by atoms with Crippen molar-refractivity contribution < 1.29 is 14.3 Å². The number of Topliss-reactive ketones (excluding diaryl/α,β-unsaturated/α-hetero) is 1. The highest BCUT2D eigenvalue weighted by molar-refractivity contribution is 5.88. The molecule has 0 saturated heterocycles. The molecule has 3 heteroatoms. The summed E-state index contributed by atoms with van der Waals surface area (Å²) in [6, 6.07) is 14.1. The van der Waals surface area contributed by atoms with Crippen LogP contribution in [0.2, 0.25) is 0 Å².